The average molecular weight is 643 g/mol. The normalized spacial score (nSPS) is 11.5. The lowest BCUT2D eigenvalue weighted by Gasteiger charge is -2.33. The van der Waals surface area contributed by atoms with Gasteiger partial charge in [-0.05, 0) is 79.9 Å². The molecule has 5 aromatic rings. The highest BCUT2D eigenvalue weighted by Gasteiger charge is 2.26. The number of aryl methyl sites for hydroxylation is 1. The number of anilines is 1. The third-order valence-electron chi connectivity index (χ3n) is 6.97. The SMILES string of the molecule is Cn1nccc1-c1cc(-c2cccc(CN(C(=O)O)C(C)(C)C)c2)ccc1Oc1ccc(S(=O)(=O)Nc2nccs2)cc1C#N. The van der Waals surface area contributed by atoms with Crippen molar-refractivity contribution < 1.29 is 23.1 Å². The van der Waals surface area contributed by atoms with Gasteiger partial charge in [-0.2, -0.15) is 10.4 Å². The van der Waals surface area contributed by atoms with Gasteiger partial charge in [0.2, 0.25) is 0 Å². The zero-order valence-corrected chi connectivity index (χ0v) is 26.6. The number of hydrogen-bond acceptors (Lipinski definition) is 8. The number of benzene rings is 3. The summed E-state index contributed by atoms with van der Waals surface area (Å²) in [5.41, 5.74) is 3.46. The van der Waals surface area contributed by atoms with Gasteiger partial charge in [-0.15, -0.1) is 11.3 Å². The Kier molecular flexibility index (Phi) is 8.63. The number of aromatic nitrogens is 3. The van der Waals surface area contributed by atoms with Crippen molar-refractivity contribution in [2.24, 2.45) is 7.05 Å². The Bertz CT molecular complexity index is 2010. The molecule has 0 unspecified atom stereocenters. The fraction of sp³-hybridized carbons (Fsp3) is 0.188. The van der Waals surface area contributed by atoms with E-state index in [9.17, 15) is 23.6 Å². The van der Waals surface area contributed by atoms with Gasteiger partial charge in [0.15, 0.2) is 5.13 Å². The van der Waals surface area contributed by atoms with Crippen molar-refractivity contribution in [3.63, 3.8) is 0 Å². The first-order valence-corrected chi connectivity index (χ1v) is 16.1. The average Bonchev–Trinajstić information content (AvgIpc) is 3.66. The predicted molar refractivity (Wildman–Crippen MR) is 172 cm³/mol. The van der Waals surface area contributed by atoms with Gasteiger partial charge in [0.05, 0.1) is 16.2 Å². The summed E-state index contributed by atoms with van der Waals surface area (Å²) < 4.78 is 36.1. The maximum absolute atomic E-state index is 12.9. The summed E-state index contributed by atoms with van der Waals surface area (Å²) in [6.07, 6.45) is 2.16. The summed E-state index contributed by atoms with van der Waals surface area (Å²) in [6, 6.07) is 21.2. The maximum atomic E-state index is 12.9. The molecule has 2 N–H and O–H groups in total. The Morgan fingerprint density at radius 2 is 1.82 bits per heavy atom. The molecule has 0 fully saturated rings. The monoisotopic (exact) mass is 642 g/mol. The lowest BCUT2D eigenvalue weighted by molar-refractivity contribution is 0.0955. The highest BCUT2D eigenvalue weighted by Crippen LogP contribution is 2.38. The van der Waals surface area contributed by atoms with Gasteiger partial charge in [-0.25, -0.2) is 18.2 Å². The van der Waals surface area contributed by atoms with Crippen LogP contribution < -0.4 is 9.46 Å². The molecule has 45 heavy (non-hydrogen) atoms. The van der Waals surface area contributed by atoms with Crippen LogP contribution in [0.25, 0.3) is 22.4 Å². The van der Waals surface area contributed by atoms with E-state index in [-0.39, 0.29) is 27.9 Å². The number of nitrogens with one attached hydrogen (secondary N) is 1. The number of sulfonamides is 1. The number of nitrogens with zero attached hydrogens (tertiary/aromatic N) is 5. The molecule has 0 bridgehead atoms. The molecular formula is C32H30N6O5S2. The molecule has 2 aromatic heterocycles. The van der Waals surface area contributed by atoms with Crippen molar-refractivity contribution in [2.75, 3.05) is 4.72 Å². The number of thiazole rings is 1. The van der Waals surface area contributed by atoms with Gasteiger partial charge in [0.1, 0.15) is 17.6 Å². The summed E-state index contributed by atoms with van der Waals surface area (Å²) in [5, 5.41) is 25.8. The summed E-state index contributed by atoms with van der Waals surface area (Å²) in [6.45, 7) is 5.79. The van der Waals surface area contributed by atoms with Crippen LogP contribution in [0.2, 0.25) is 0 Å². The smallest absolute Gasteiger partial charge is 0.408 e. The van der Waals surface area contributed by atoms with E-state index >= 15 is 0 Å². The largest absolute Gasteiger partial charge is 0.465 e. The van der Waals surface area contributed by atoms with Crippen LogP contribution in [-0.4, -0.2) is 44.8 Å². The predicted octanol–water partition coefficient (Wildman–Crippen LogP) is 6.95. The molecule has 230 valence electrons. The minimum Gasteiger partial charge on any atom is -0.465 e. The molecule has 5 rings (SSSR count). The third-order valence-corrected chi connectivity index (χ3v) is 9.13. The number of carbonyl (C=O) groups is 1. The molecule has 3 aromatic carbocycles. The number of rotatable bonds is 9. The van der Waals surface area contributed by atoms with Crippen molar-refractivity contribution in [2.45, 2.75) is 37.8 Å². The van der Waals surface area contributed by atoms with Crippen LogP contribution in [0.4, 0.5) is 9.93 Å². The summed E-state index contributed by atoms with van der Waals surface area (Å²) in [5.74, 6) is 0.608. The lowest BCUT2D eigenvalue weighted by atomic mass is 9.98. The zero-order chi connectivity index (χ0) is 32.4. The van der Waals surface area contributed by atoms with E-state index in [4.69, 9.17) is 4.74 Å². The first-order valence-electron chi connectivity index (χ1n) is 13.7. The molecule has 1 amide bonds. The topological polar surface area (TPSA) is 150 Å². The highest BCUT2D eigenvalue weighted by atomic mass is 32.2. The molecule has 0 aliphatic carbocycles. The van der Waals surface area contributed by atoms with E-state index in [1.807, 2.05) is 69.3 Å². The Morgan fingerprint density at radius 3 is 2.47 bits per heavy atom. The van der Waals surface area contributed by atoms with Crippen LogP contribution in [0.15, 0.2) is 89.4 Å². The third kappa shape index (κ3) is 6.98. The molecule has 11 nitrogen and oxygen atoms in total. The second-order valence-electron chi connectivity index (χ2n) is 11.1. The molecule has 0 spiro atoms. The van der Waals surface area contributed by atoms with E-state index in [1.165, 1.54) is 29.3 Å². The van der Waals surface area contributed by atoms with Gasteiger partial charge in [-0.3, -0.25) is 14.3 Å². The molecule has 2 heterocycles. The van der Waals surface area contributed by atoms with E-state index < -0.39 is 21.7 Å². The Hall–Kier alpha value is -5.19. The quantitative estimate of drug-likeness (QED) is 0.175. The van der Waals surface area contributed by atoms with Crippen LogP contribution in [-0.2, 0) is 23.6 Å². The lowest BCUT2D eigenvalue weighted by Crippen LogP contribution is -2.44. The molecule has 0 aliphatic heterocycles. The Morgan fingerprint density at radius 1 is 1.07 bits per heavy atom. The van der Waals surface area contributed by atoms with Gasteiger partial charge in [0, 0.05) is 42.5 Å². The van der Waals surface area contributed by atoms with E-state index in [2.05, 4.69) is 14.8 Å². The zero-order valence-electron chi connectivity index (χ0n) is 24.9. The summed E-state index contributed by atoms with van der Waals surface area (Å²) in [4.78, 5) is 17.2. The van der Waals surface area contributed by atoms with Crippen LogP contribution in [0.3, 0.4) is 0 Å². The van der Waals surface area contributed by atoms with Crippen molar-refractivity contribution in [1.29, 1.82) is 5.26 Å². The van der Waals surface area contributed by atoms with Crippen molar-refractivity contribution >= 4 is 32.6 Å². The molecule has 13 heteroatoms. The second kappa shape index (κ2) is 12.4. The molecule has 0 atom stereocenters. The van der Waals surface area contributed by atoms with Gasteiger partial charge < -0.3 is 9.84 Å². The fourth-order valence-corrected chi connectivity index (χ4v) is 6.49. The Balaban J connectivity index is 1.50. The van der Waals surface area contributed by atoms with Crippen LogP contribution in [0, 0.1) is 11.3 Å². The molecule has 0 saturated heterocycles. The van der Waals surface area contributed by atoms with Gasteiger partial charge in [0.25, 0.3) is 10.0 Å². The number of ether oxygens (including phenoxy) is 1. The maximum Gasteiger partial charge on any atom is 0.408 e. The highest BCUT2D eigenvalue weighted by molar-refractivity contribution is 7.93. The summed E-state index contributed by atoms with van der Waals surface area (Å²) in [7, 11) is -2.17. The number of nitriles is 1. The fourth-order valence-electron chi connectivity index (χ4n) is 4.68. The molecule has 0 radical (unpaired) electrons. The standard InChI is InChI=1S/C32H30N6O5S2/c1-32(2,3)38(31(39)40)20-21-6-5-7-22(16-21)23-8-10-29(26(18-23)27-12-13-35-37(27)4)43-28-11-9-25(17-24(28)19-33)45(41,42)36-30-34-14-15-44-30/h5-18H,20H2,1-4H3,(H,34,36)(H,39,40). The molecule has 0 saturated carbocycles. The minimum absolute atomic E-state index is 0.0339. The first-order chi connectivity index (χ1) is 21.4. The second-order valence-corrected chi connectivity index (χ2v) is 13.7. The van der Waals surface area contributed by atoms with Crippen LogP contribution in [0.1, 0.15) is 31.9 Å². The number of hydrogen-bond donors (Lipinski definition) is 2. The first kappa shape index (κ1) is 31.2. The number of carboxylic acid groups (broad SMARTS) is 1. The van der Waals surface area contributed by atoms with Crippen molar-refractivity contribution in [3.05, 3.63) is 95.6 Å². The molecular weight excluding hydrogens is 613 g/mol. The van der Waals surface area contributed by atoms with E-state index in [1.54, 1.807) is 29.4 Å². The van der Waals surface area contributed by atoms with Gasteiger partial charge in [-0.1, -0.05) is 24.3 Å². The molecule has 0 aliphatic rings. The van der Waals surface area contributed by atoms with Crippen LogP contribution in [0.5, 0.6) is 11.5 Å². The van der Waals surface area contributed by atoms with Crippen LogP contribution >= 0.6 is 11.3 Å². The van der Waals surface area contributed by atoms with Crippen molar-refractivity contribution in [3.8, 4) is 40.0 Å². The minimum atomic E-state index is -3.97. The number of amides is 1. The van der Waals surface area contributed by atoms with Crippen molar-refractivity contribution in [1.82, 2.24) is 19.7 Å². The Labute approximate surface area is 265 Å². The van der Waals surface area contributed by atoms with E-state index in [0.717, 1.165) is 33.7 Å². The summed E-state index contributed by atoms with van der Waals surface area (Å²) >= 11 is 1.14. The van der Waals surface area contributed by atoms with E-state index in [0.29, 0.717) is 11.3 Å². The van der Waals surface area contributed by atoms with Gasteiger partial charge >= 0.3 is 6.09 Å².